The molecule has 6 nitrogen and oxygen atoms in total. The summed E-state index contributed by atoms with van der Waals surface area (Å²) >= 11 is 0. The molecule has 3 aromatic rings. The van der Waals surface area contributed by atoms with Crippen LogP contribution >= 0.6 is 0 Å². The van der Waals surface area contributed by atoms with Gasteiger partial charge in [0.05, 0.1) is 23.8 Å². The molecule has 2 heterocycles. The second-order valence-corrected chi connectivity index (χ2v) is 6.67. The van der Waals surface area contributed by atoms with Crippen LogP contribution in [0.3, 0.4) is 0 Å². The molecule has 0 fully saturated rings. The van der Waals surface area contributed by atoms with Gasteiger partial charge in [-0.1, -0.05) is 19.1 Å². The molecule has 0 unspecified atom stereocenters. The monoisotopic (exact) mass is 390 g/mol. The first kappa shape index (κ1) is 18.6. The molecule has 0 aliphatic carbocycles. The minimum absolute atomic E-state index is 0.00399. The molecule has 0 radical (unpaired) electrons. The molecule has 1 aromatic heterocycles. The highest BCUT2D eigenvalue weighted by Crippen LogP contribution is 2.45. The van der Waals surface area contributed by atoms with Crippen molar-refractivity contribution in [3.05, 3.63) is 76.9 Å². The number of fused-ring (bicyclic) bond motifs is 1. The normalized spacial score (nSPS) is 15.4. The molecule has 0 bridgehead atoms. The van der Waals surface area contributed by atoms with Crippen molar-refractivity contribution in [3.63, 3.8) is 0 Å². The maximum Gasteiger partial charge on any atom is 0.244 e. The molecule has 1 aliphatic heterocycles. The Morgan fingerprint density at radius 3 is 2.59 bits per heavy atom. The molecule has 0 amide bonds. The zero-order chi connectivity index (χ0) is 20.4. The number of hydrogen-bond donors (Lipinski definition) is 2. The summed E-state index contributed by atoms with van der Waals surface area (Å²) in [5, 5.41) is 16.9. The van der Waals surface area contributed by atoms with Crippen molar-refractivity contribution in [3.8, 4) is 29.0 Å². The fraction of sp³-hybridized carbons (Fsp3) is 0.182. The SMILES string of the molecule is CCCOc1ccc(-c2[nH]nc3c2[C@H](c2ccc(F)cc2)C(C#N)=C(N)O3)cc1. The molecular formula is C22H19FN4O2. The number of nitriles is 1. The van der Waals surface area contributed by atoms with Gasteiger partial charge in [-0.15, -0.1) is 5.10 Å². The van der Waals surface area contributed by atoms with Gasteiger partial charge in [-0.3, -0.25) is 5.10 Å². The van der Waals surface area contributed by atoms with Crippen LogP contribution in [0.4, 0.5) is 4.39 Å². The predicted molar refractivity (Wildman–Crippen MR) is 106 cm³/mol. The van der Waals surface area contributed by atoms with Gasteiger partial charge in [0.15, 0.2) is 0 Å². The third kappa shape index (κ3) is 3.41. The lowest BCUT2D eigenvalue weighted by molar-refractivity contribution is 0.317. The van der Waals surface area contributed by atoms with Gasteiger partial charge in [-0.2, -0.15) is 5.26 Å². The maximum absolute atomic E-state index is 13.5. The second-order valence-electron chi connectivity index (χ2n) is 6.67. The first-order valence-corrected chi connectivity index (χ1v) is 9.27. The van der Waals surface area contributed by atoms with E-state index in [1.54, 1.807) is 12.1 Å². The number of aromatic nitrogens is 2. The van der Waals surface area contributed by atoms with Crippen molar-refractivity contribution < 1.29 is 13.9 Å². The van der Waals surface area contributed by atoms with Gasteiger partial charge in [0.25, 0.3) is 0 Å². The molecular weight excluding hydrogens is 371 g/mol. The van der Waals surface area contributed by atoms with E-state index in [1.807, 2.05) is 31.2 Å². The van der Waals surface area contributed by atoms with E-state index in [2.05, 4.69) is 16.3 Å². The molecule has 146 valence electrons. The highest BCUT2D eigenvalue weighted by Gasteiger charge is 2.35. The molecule has 29 heavy (non-hydrogen) atoms. The lowest BCUT2D eigenvalue weighted by Gasteiger charge is -2.24. The van der Waals surface area contributed by atoms with E-state index in [9.17, 15) is 9.65 Å². The number of nitrogens with one attached hydrogen (secondary N) is 1. The van der Waals surface area contributed by atoms with Crippen LogP contribution in [0.5, 0.6) is 11.6 Å². The van der Waals surface area contributed by atoms with E-state index in [-0.39, 0.29) is 17.3 Å². The molecule has 0 spiro atoms. The summed E-state index contributed by atoms with van der Waals surface area (Å²) in [7, 11) is 0. The smallest absolute Gasteiger partial charge is 0.244 e. The van der Waals surface area contributed by atoms with Gasteiger partial charge < -0.3 is 15.2 Å². The zero-order valence-electron chi connectivity index (χ0n) is 15.8. The summed E-state index contributed by atoms with van der Waals surface area (Å²) in [5.41, 5.74) is 9.20. The molecule has 1 atom stereocenters. The minimum Gasteiger partial charge on any atom is -0.494 e. The lowest BCUT2D eigenvalue weighted by atomic mass is 9.83. The first-order valence-electron chi connectivity index (χ1n) is 9.27. The molecule has 0 saturated heterocycles. The highest BCUT2D eigenvalue weighted by molar-refractivity contribution is 5.71. The van der Waals surface area contributed by atoms with E-state index >= 15 is 0 Å². The molecule has 7 heteroatoms. The molecule has 4 rings (SSSR count). The number of hydrogen-bond acceptors (Lipinski definition) is 5. The van der Waals surface area contributed by atoms with E-state index < -0.39 is 5.92 Å². The number of benzene rings is 2. The number of allylic oxidation sites excluding steroid dienone is 1. The number of rotatable bonds is 5. The Hall–Kier alpha value is -3.79. The Bertz CT molecular complexity index is 1100. The highest BCUT2D eigenvalue weighted by atomic mass is 19.1. The zero-order valence-corrected chi connectivity index (χ0v) is 15.8. The number of H-pyrrole nitrogens is 1. The van der Waals surface area contributed by atoms with Crippen molar-refractivity contribution in [2.24, 2.45) is 5.73 Å². The van der Waals surface area contributed by atoms with Crippen molar-refractivity contribution in [1.29, 1.82) is 5.26 Å². The summed E-state index contributed by atoms with van der Waals surface area (Å²) in [6.07, 6.45) is 0.928. The van der Waals surface area contributed by atoms with Gasteiger partial charge in [0.1, 0.15) is 23.2 Å². The van der Waals surface area contributed by atoms with Crippen LogP contribution in [0.25, 0.3) is 11.3 Å². The molecule has 3 N–H and O–H groups in total. The number of nitrogens with zero attached hydrogens (tertiary/aromatic N) is 2. The Kier molecular flexibility index (Phi) is 4.92. The predicted octanol–water partition coefficient (Wildman–Crippen LogP) is 4.22. The van der Waals surface area contributed by atoms with E-state index in [0.29, 0.717) is 23.7 Å². The van der Waals surface area contributed by atoms with Crippen LogP contribution in [-0.4, -0.2) is 16.8 Å². The van der Waals surface area contributed by atoms with Gasteiger partial charge in [0, 0.05) is 5.56 Å². The van der Waals surface area contributed by atoms with E-state index in [1.165, 1.54) is 12.1 Å². The van der Waals surface area contributed by atoms with Gasteiger partial charge in [-0.25, -0.2) is 4.39 Å². The second kappa shape index (κ2) is 7.68. The van der Waals surface area contributed by atoms with Gasteiger partial charge in [0.2, 0.25) is 11.8 Å². The number of halogens is 1. The lowest BCUT2D eigenvalue weighted by Crippen LogP contribution is -2.21. The number of aromatic amines is 1. The summed E-state index contributed by atoms with van der Waals surface area (Å²) in [4.78, 5) is 0. The van der Waals surface area contributed by atoms with Crippen LogP contribution in [0.2, 0.25) is 0 Å². The average molecular weight is 390 g/mol. The van der Waals surface area contributed by atoms with Gasteiger partial charge in [-0.05, 0) is 48.4 Å². The van der Waals surface area contributed by atoms with Crippen molar-refractivity contribution in [2.45, 2.75) is 19.3 Å². The summed E-state index contributed by atoms with van der Waals surface area (Å²) in [6.45, 7) is 2.70. The number of nitrogens with two attached hydrogens (primary N) is 1. The van der Waals surface area contributed by atoms with Gasteiger partial charge >= 0.3 is 0 Å². The Morgan fingerprint density at radius 2 is 1.93 bits per heavy atom. The molecule has 0 saturated carbocycles. The Balaban J connectivity index is 1.80. The fourth-order valence-corrected chi connectivity index (χ4v) is 3.39. The fourth-order valence-electron chi connectivity index (χ4n) is 3.39. The van der Waals surface area contributed by atoms with E-state index in [0.717, 1.165) is 23.3 Å². The first-order chi connectivity index (χ1) is 14.1. The van der Waals surface area contributed by atoms with Crippen LogP contribution < -0.4 is 15.2 Å². The van der Waals surface area contributed by atoms with Crippen molar-refractivity contribution in [2.75, 3.05) is 6.61 Å². The Labute approximate surface area is 167 Å². The minimum atomic E-state index is -0.519. The molecule has 2 aromatic carbocycles. The van der Waals surface area contributed by atoms with Crippen molar-refractivity contribution in [1.82, 2.24) is 10.2 Å². The van der Waals surface area contributed by atoms with Crippen molar-refractivity contribution >= 4 is 0 Å². The van der Waals surface area contributed by atoms with Crippen LogP contribution in [-0.2, 0) is 0 Å². The number of ether oxygens (including phenoxy) is 2. The Morgan fingerprint density at radius 1 is 1.21 bits per heavy atom. The topological polar surface area (TPSA) is 97.0 Å². The quantitative estimate of drug-likeness (QED) is 0.680. The summed E-state index contributed by atoms with van der Waals surface area (Å²) in [6, 6.07) is 15.7. The standard InChI is InChI=1S/C22H19FN4O2/c1-2-11-28-16-9-5-14(6-10-16)20-19-18(13-3-7-15(23)8-4-13)17(12-24)21(25)29-22(19)27-26-20/h3-10,18H,2,11,25H2,1H3,(H,26,27)/t18-/m1/s1. The third-order valence-corrected chi connectivity index (χ3v) is 4.76. The third-order valence-electron chi connectivity index (χ3n) is 4.76. The summed E-state index contributed by atoms with van der Waals surface area (Å²) in [5.74, 6) is 0.200. The molecule has 1 aliphatic rings. The van der Waals surface area contributed by atoms with Crippen LogP contribution in [0.1, 0.15) is 30.4 Å². The average Bonchev–Trinajstić information content (AvgIpc) is 3.15. The van der Waals surface area contributed by atoms with E-state index in [4.69, 9.17) is 15.2 Å². The summed E-state index contributed by atoms with van der Waals surface area (Å²) < 4.78 is 24.7. The van der Waals surface area contributed by atoms with Crippen LogP contribution in [0.15, 0.2) is 60.0 Å². The maximum atomic E-state index is 13.5. The largest absolute Gasteiger partial charge is 0.494 e. The van der Waals surface area contributed by atoms with Crippen LogP contribution in [0, 0.1) is 17.1 Å².